The van der Waals surface area contributed by atoms with Crippen LogP contribution in [-0.4, -0.2) is 31.4 Å². The van der Waals surface area contributed by atoms with E-state index < -0.39 is 5.91 Å². The molecule has 172 valence electrons. The molecule has 1 amide bonds. The number of rotatable bonds is 10. The SMILES string of the molecule is COc1c(OCCCOc2ccc3c(N)noc3c2)c(C(C)C)cc(C(N)=O)c1C(C)C. The van der Waals surface area contributed by atoms with Crippen molar-refractivity contribution in [1.82, 2.24) is 5.16 Å². The standard InChI is InChI=1S/C24H31N3O5/c1-13(2)17-12-18(24(26)28)20(14(3)4)22(29-5)21(17)31-10-6-9-30-15-7-8-16-19(11-15)32-27-23(16)25/h7-8,11-14H,6,9-10H2,1-5H3,(H2,25,27)(H2,26,28). The first-order chi connectivity index (χ1) is 15.2. The lowest BCUT2D eigenvalue weighted by atomic mass is 9.89. The summed E-state index contributed by atoms with van der Waals surface area (Å²) >= 11 is 0. The minimum atomic E-state index is -0.473. The maximum absolute atomic E-state index is 12.1. The number of nitrogens with two attached hydrogens (primary N) is 2. The second-order valence-electron chi connectivity index (χ2n) is 8.24. The highest BCUT2D eigenvalue weighted by Crippen LogP contribution is 2.43. The number of nitrogens with zero attached hydrogens (tertiary/aromatic N) is 1. The van der Waals surface area contributed by atoms with Crippen molar-refractivity contribution >= 4 is 22.7 Å². The van der Waals surface area contributed by atoms with Gasteiger partial charge in [0, 0.05) is 29.2 Å². The van der Waals surface area contributed by atoms with Gasteiger partial charge in [0.2, 0.25) is 5.91 Å². The number of carbonyl (C=O) groups is 1. The number of nitrogen functional groups attached to an aromatic ring is 1. The summed E-state index contributed by atoms with van der Waals surface area (Å²) in [4.78, 5) is 12.1. The fourth-order valence-electron chi connectivity index (χ4n) is 3.68. The second-order valence-corrected chi connectivity index (χ2v) is 8.24. The van der Waals surface area contributed by atoms with Crippen molar-refractivity contribution in [3.63, 3.8) is 0 Å². The number of amides is 1. The van der Waals surface area contributed by atoms with Gasteiger partial charge in [-0.25, -0.2) is 0 Å². The Labute approximate surface area is 187 Å². The monoisotopic (exact) mass is 441 g/mol. The summed E-state index contributed by atoms with van der Waals surface area (Å²) in [7, 11) is 1.58. The predicted molar refractivity (Wildman–Crippen MR) is 124 cm³/mol. The summed E-state index contributed by atoms with van der Waals surface area (Å²) in [6.45, 7) is 8.94. The van der Waals surface area contributed by atoms with E-state index in [0.717, 1.165) is 16.5 Å². The molecule has 8 nitrogen and oxygen atoms in total. The molecule has 0 unspecified atom stereocenters. The third-order valence-corrected chi connectivity index (χ3v) is 5.25. The molecule has 1 heterocycles. The Hall–Kier alpha value is -3.42. The van der Waals surface area contributed by atoms with Gasteiger partial charge in [-0.1, -0.05) is 32.9 Å². The maximum Gasteiger partial charge on any atom is 0.249 e. The molecule has 2 aromatic carbocycles. The van der Waals surface area contributed by atoms with Crippen molar-refractivity contribution < 1.29 is 23.5 Å². The van der Waals surface area contributed by atoms with E-state index in [-0.39, 0.29) is 11.8 Å². The van der Waals surface area contributed by atoms with E-state index in [1.165, 1.54) is 0 Å². The Bertz CT molecular complexity index is 1100. The van der Waals surface area contributed by atoms with Crippen LogP contribution < -0.4 is 25.7 Å². The number of primary amides is 1. The van der Waals surface area contributed by atoms with Crippen LogP contribution >= 0.6 is 0 Å². The van der Waals surface area contributed by atoms with E-state index in [4.69, 9.17) is 30.2 Å². The fraction of sp³-hybridized carbons (Fsp3) is 0.417. The number of aromatic nitrogens is 1. The highest BCUT2D eigenvalue weighted by molar-refractivity contribution is 5.96. The lowest BCUT2D eigenvalue weighted by Gasteiger charge is -2.23. The smallest absolute Gasteiger partial charge is 0.249 e. The number of carbonyl (C=O) groups excluding carboxylic acids is 1. The minimum absolute atomic E-state index is 0.0411. The first kappa shape index (κ1) is 23.2. The quantitative estimate of drug-likeness (QED) is 0.440. The average Bonchev–Trinajstić information content (AvgIpc) is 3.12. The summed E-state index contributed by atoms with van der Waals surface area (Å²) in [5.74, 6) is 1.93. The van der Waals surface area contributed by atoms with E-state index in [9.17, 15) is 4.79 Å². The van der Waals surface area contributed by atoms with Gasteiger partial charge in [-0.05, 0) is 30.0 Å². The van der Waals surface area contributed by atoms with Gasteiger partial charge >= 0.3 is 0 Å². The molecule has 0 aliphatic rings. The summed E-state index contributed by atoms with van der Waals surface area (Å²) in [6, 6.07) is 7.24. The number of benzene rings is 2. The maximum atomic E-state index is 12.1. The van der Waals surface area contributed by atoms with Crippen LogP contribution in [0.1, 0.15) is 67.4 Å². The summed E-state index contributed by atoms with van der Waals surface area (Å²) in [6.07, 6.45) is 0.645. The number of methoxy groups -OCH3 is 1. The van der Waals surface area contributed by atoms with Crippen LogP contribution in [0.15, 0.2) is 28.8 Å². The second kappa shape index (κ2) is 9.80. The van der Waals surface area contributed by atoms with Crippen molar-refractivity contribution in [2.24, 2.45) is 5.73 Å². The third-order valence-electron chi connectivity index (χ3n) is 5.25. The third kappa shape index (κ3) is 4.74. The summed E-state index contributed by atoms with van der Waals surface area (Å²) in [5, 5.41) is 4.50. The number of anilines is 1. The molecule has 0 atom stereocenters. The Morgan fingerprint density at radius 2 is 1.78 bits per heavy atom. The van der Waals surface area contributed by atoms with E-state index in [2.05, 4.69) is 5.16 Å². The van der Waals surface area contributed by atoms with Gasteiger partial charge in [0.1, 0.15) is 5.75 Å². The Kier molecular flexibility index (Phi) is 7.12. The van der Waals surface area contributed by atoms with Gasteiger partial charge in [0.05, 0.1) is 25.7 Å². The molecule has 8 heteroatoms. The molecule has 0 spiro atoms. The van der Waals surface area contributed by atoms with Crippen LogP contribution in [-0.2, 0) is 0 Å². The number of ether oxygens (including phenoxy) is 3. The van der Waals surface area contributed by atoms with Crippen molar-refractivity contribution in [2.75, 3.05) is 26.1 Å². The zero-order valence-corrected chi connectivity index (χ0v) is 19.2. The van der Waals surface area contributed by atoms with Crippen LogP contribution in [0.5, 0.6) is 17.2 Å². The molecule has 0 bridgehead atoms. The van der Waals surface area contributed by atoms with Crippen molar-refractivity contribution in [3.05, 3.63) is 41.0 Å². The van der Waals surface area contributed by atoms with Crippen LogP contribution in [0, 0.1) is 0 Å². The molecule has 0 saturated heterocycles. The van der Waals surface area contributed by atoms with Gasteiger partial charge in [0.25, 0.3) is 0 Å². The molecule has 0 aliphatic heterocycles. The molecular formula is C24H31N3O5. The van der Waals surface area contributed by atoms with Gasteiger partial charge in [0.15, 0.2) is 22.9 Å². The summed E-state index contributed by atoms with van der Waals surface area (Å²) < 4.78 is 22.8. The Balaban J connectivity index is 1.72. The van der Waals surface area contributed by atoms with Crippen LogP contribution in [0.4, 0.5) is 5.82 Å². The van der Waals surface area contributed by atoms with Crippen LogP contribution in [0.2, 0.25) is 0 Å². The van der Waals surface area contributed by atoms with Crippen LogP contribution in [0.3, 0.4) is 0 Å². The summed E-state index contributed by atoms with van der Waals surface area (Å²) in [5.41, 5.74) is 14.1. The first-order valence-electron chi connectivity index (χ1n) is 10.7. The molecule has 1 aromatic heterocycles. The lowest BCUT2D eigenvalue weighted by molar-refractivity contribution is 0.0998. The van der Waals surface area contributed by atoms with E-state index >= 15 is 0 Å². The van der Waals surface area contributed by atoms with Gasteiger partial charge < -0.3 is 30.2 Å². The molecule has 3 aromatic rings. The minimum Gasteiger partial charge on any atom is -0.493 e. The fourth-order valence-corrected chi connectivity index (χ4v) is 3.68. The number of hydrogen-bond acceptors (Lipinski definition) is 7. The van der Waals surface area contributed by atoms with Crippen molar-refractivity contribution in [3.8, 4) is 17.2 Å². The molecule has 0 aliphatic carbocycles. The normalized spacial score (nSPS) is 11.3. The molecule has 32 heavy (non-hydrogen) atoms. The zero-order valence-electron chi connectivity index (χ0n) is 19.2. The van der Waals surface area contributed by atoms with E-state index in [1.54, 1.807) is 13.2 Å². The first-order valence-corrected chi connectivity index (χ1v) is 10.7. The van der Waals surface area contributed by atoms with Crippen molar-refractivity contribution in [1.29, 1.82) is 0 Å². The number of hydrogen-bond donors (Lipinski definition) is 2. The number of fused-ring (bicyclic) bond motifs is 1. The Morgan fingerprint density at radius 3 is 2.41 bits per heavy atom. The molecule has 0 fully saturated rings. The van der Waals surface area contributed by atoms with E-state index in [0.29, 0.717) is 53.8 Å². The average molecular weight is 442 g/mol. The van der Waals surface area contributed by atoms with Gasteiger partial charge in [-0.15, -0.1) is 0 Å². The molecule has 0 radical (unpaired) electrons. The van der Waals surface area contributed by atoms with Crippen LogP contribution in [0.25, 0.3) is 11.0 Å². The highest BCUT2D eigenvalue weighted by Gasteiger charge is 2.25. The van der Waals surface area contributed by atoms with Gasteiger partial charge in [-0.3, -0.25) is 4.79 Å². The molecule has 4 N–H and O–H groups in total. The topological polar surface area (TPSA) is 123 Å². The molecular weight excluding hydrogens is 410 g/mol. The van der Waals surface area contributed by atoms with Crippen molar-refractivity contribution in [2.45, 2.75) is 46.0 Å². The lowest BCUT2D eigenvalue weighted by Crippen LogP contribution is -2.17. The predicted octanol–water partition coefficient (Wildman–Crippen LogP) is 4.61. The molecule has 3 rings (SSSR count). The zero-order chi connectivity index (χ0) is 23.4. The molecule has 0 saturated carbocycles. The van der Waals surface area contributed by atoms with E-state index in [1.807, 2.05) is 45.9 Å². The Morgan fingerprint density at radius 1 is 1.06 bits per heavy atom. The van der Waals surface area contributed by atoms with Gasteiger partial charge in [-0.2, -0.15) is 0 Å². The largest absolute Gasteiger partial charge is 0.493 e. The highest BCUT2D eigenvalue weighted by atomic mass is 16.5.